The molecule has 4 aromatic rings. The SMILES string of the molecule is COC(=O)C(Cc1ccc(OCc2cnn(-c3ccc(CC(C)C)cc3)c2)cc1)C(C)=NOCc1ccccc1. The van der Waals surface area contributed by atoms with E-state index in [1.165, 1.54) is 12.7 Å². The Hall–Kier alpha value is -4.39. The Morgan fingerprint density at radius 3 is 2.20 bits per heavy atom. The fourth-order valence-electron chi connectivity index (χ4n) is 4.35. The van der Waals surface area contributed by atoms with Gasteiger partial charge in [-0.25, -0.2) is 4.68 Å². The Morgan fingerprint density at radius 1 is 0.850 bits per heavy atom. The van der Waals surface area contributed by atoms with Crippen molar-refractivity contribution in [1.82, 2.24) is 9.78 Å². The average Bonchev–Trinajstić information content (AvgIpc) is 3.45. The summed E-state index contributed by atoms with van der Waals surface area (Å²) < 4.78 is 12.9. The van der Waals surface area contributed by atoms with Gasteiger partial charge in [0.15, 0.2) is 0 Å². The summed E-state index contributed by atoms with van der Waals surface area (Å²) in [4.78, 5) is 18.0. The maximum absolute atomic E-state index is 12.5. The van der Waals surface area contributed by atoms with Crippen LogP contribution in [0.4, 0.5) is 0 Å². The second-order valence-electron chi connectivity index (χ2n) is 10.3. The predicted molar refractivity (Wildman–Crippen MR) is 156 cm³/mol. The quantitative estimate of drug-likeness (QED) is 0.109. The van der Waals surface area contributed by atoms with Crippen LogP contribution in [-0.4, -0.2) is 28.6 Å². The van der Waals surface area contributed by atoms with Gasteiger partial charge in [-0.1, -0.05) is 73.6 Å². The molecule has 1 atom stereocenters. The molecule has 0 saturated heterocycles. The van der Waals surface area contributed by atoms with Gasteiger partial charge in [-0.3, -0.25) is 4.79 Å². The van der Waals surface area contributed by atoms with E-state index in [0.29, 0.717) is 31.3 Å². The Balaban J connectivity index is 1.31. The molecular formula is C33H37N3O4. The minimum absolute atomic E-state index is 0.335. The van der Waals surface area contributed by atoms with Crippen LogP contribution in [0.25, 0.3) is 5.69 Å². The van der Waals surface area contributed by atoms with Crippen molar-refractivity contribution in [3.8, 4) is 11.4 Å². The molecule has 0 fully saturated rings. The molecule has 1 unspecified atom stereocenters. The molecule has 0 saturated carbocycles. The Bertz CT molecular complexity index is 1380. The van der Waals surface area contributed by atoms with E-state index < -0.39 is 5.92 Å². The fraction of sp³-hybridized carbons (Fsp3) is 0.303. The second-order valence-corrected chi connectivity index (χ2v) is 10.3. The van der Waals surface area contributed by atoms with Crippen molar-refractivity contribution in [2.45, 2.75) is 46.8 Å². The van der Waals surface area contributed by atoms with Crippen molar-refractivity contribution in [1.29, 1.82) is 0 Å². The molecule has 7 nitrogen and oxygen atoms in total. The van der Waals surface area contributed by atoms with Crippen molar-refractivity contribution in [3.63, 3.8) is 0 Å². The predicted octanol–water partition coefficient (Wildman–Crippen LogP) is 6.57. The maximum atomic E-state index is 12.5. The molecule has 0 aliphatic rings. The first kappa shape index (κ1) is 28.6. The summed E-state index contributed by atoms with van der Waals surface area (Å²) in [6.45, 7) is 6.97. The zero-order valence-corrected chi connectivity index (χ0v) is 23.6. The van der Waals surface area contributed by atoms with E-state index in [9.17, 15) is 4.79 Å². The Labute approximate surface area is 236 Å². The number of esters is 1. The molecule has 208 valence electrons. The van der Waals surface area contributed by atoms with Gasteiger partial charge < -0.3 is 14.3 Å². The summed E-state index contributed by atoms with van der Waals surface area (Å²) in [5.41, 5.74) is 5.86. The van der Waals surface area contributed by atoms with Crippen LogP contribution in [0.2, 0.25) is 0 Å². The highest BCUT2D eigenvalue weighted by atomic mass is 16.6. The highest BCUT2D eigenvalue weighted by Crippen LogP contribution is 2.19. The fourth-order valence-corrected chi connectivity index (χ4v) is 4.35. The number of methoxy groups -OCH3 is 1. The van der Waals surface area contributed by atoms with Crippen molar-refractivity contribution < 1.29 is 19.1 Å². The van der Waals surface area contributed by atoms with Gasteiger partial charge in [0.25, 0.3) is 0 Å². The molecule has 7 heteroatoms. The summed E-state index contributed by atoms with van der Waals surface area (Å²) in [6, 6.07) is 26.0. The van der Waals surface area contributed by atoms with Crippen LogP contribution >= 0.6 is 0 Å². The van der Waals surface area contributed by atoms with Crippen molar-refractivity contribution in [2.75, 3.05) is 7.11 Å². The van der Waals surface area contributed by atoms with Crippen LogP contribution in [-0.2, 0) is 40.4 Å². The molecule has 3 aromatic carbocycles. The van der Waals surface area contributed by atoms with E-state index in [4.69, 9.17) is 14.3 Å². The molecule has 40 heavy (non-hydrogen) atoms. The van der Waals surface area contributed by atoms with Crippen molar-refractivity contribution in [3.05, 3.63) is 114 Å². The van der Waals surface area contributed by atoms with Gasteiger partial charge >= 0.3 is 5.97 Å². The van der Waals surface area contributed by atoms with Gasteiger partial charge in [0.1, 0.15) is 24.9 Å². The molecule has 0 radical (unpaired) electrons. The second kappa shape index (κ2) is 14.1. The van der Waals surface area contributed by atoms with Crippen LogP contribution in [0, 0.1) is 11.8 Å². The zero-order valence-electron chi connectivity index (χ0n) is 23.6. The summed E-state index contributed by atoms with van der Waals surface area (Å²) in [6.07, 6.45) is 5.31. The molecule has 1 aromatic heterocycles. The van der Waals surface area contributed by atoms with Gasteiger partial charge in [-0.2, -0.15) is 5.10 Å². The molecule has 4 rings (SSSR count). The lowest BCUT2D eigenvalue weighted by Crippen LogP contribution is -2.26. The van der Waals surface area contributed by atoms with Gasteiger partial charge in [0.05, 0.1) is 24.7 Å². The van der Waals surface area contributed by atoms with Crippen molar-refractivity contribution >= 4 is 11.7 Å². The average molecular weight is 540 g/mol. The van der Waals surface area contributed by atoms with Crippen LogP contribution in [0.5, 0.6) is 5.75 Å². The molecule has 0 spiro atoms. The third-order valence-electron chi connectivity index (χ3n) is 6.52. The summed E-state index contributed by atoms with van der Waals surface area (Å²) >= 11 is 0. The molecule has 1 heterocycles. The molecule has 0 bridgehead atoms. The number of hydrogen-bond donors (Lipinski definition) is 0. The Morgan fingerprint density at radius 2 is 1.52 bits per heavy atom. The van der Waals surface area contributed by atoms with E-state index >= 15 is 0 Å². The van der Waals surface area contributed by atoms with Crippen LogP contribution in [0.1, 0.15) is 43.0 Å². The lowest BCUT2D eigenvalue weighted by molar-refractivity contribution is -0.143. The topological polar surface area (TPSA) is 74.9 Å². The Kier molecular flexibility index (Phi) is 10.1. The van der Waals surface area contributed by atoms with Gasteiger partial charge in [-0.05, 0) is 66.6 Å². The number of carbonyl (C=O) groups is 1. The summed E-state index contributed by atoms with van der Waals surface area (Å²) in [7, 11) is 1.38. The molecule has 0 aliphatic carbocycles. The van der Waals surface area contributed by atoms with Gasteiger partial charge in [-0.15, -0.1) is 0 Å². The number of hydrogen-bond acceptors (Lipinski definition) is 6. The zero-order chi connectivity index (χ0) is 28.3. The van der Waals surface area contributed by atoms with E-state index in [1.54, 1.807) is 6.92 Å². The first-order valence-electron chi connectivity index (χ1n) is 13.5. The normalized spacial score (nSPS) is 12.3. The maximum Gasteiger partial charge on any atom is 0.314 e. The minimum Gasteiger partial charge on any atom is -0.489 e. The first-order chi connectivity index (χ1) is 19.4. The largest absolute Gasteiger partial charge is 0.489 e. The highest BCUT2D eigenvalue weighted by Gasteiger charge is 2.24. The van der Waals surface area contributed by atoms with Crippen molar-refractivity contribution in [2.24, 2.45) is 17.0 Å². The lowest BCUT2D eigenvalue weighted by atomic mass is 9.95. The molecule has 0 N–H and O–H groups in total. The van der Waals surface area contributed by atoms with Gasteiger partial charge in [0, 0.05) is 11.8 Å². The van der Waals surface area contributed by atoms with Crippen LogP contribution in [0.3, 0.4) is 0 Å². The third kappa shape index (κ3) is 8.30. The minimum atomic E-state index is -0.544. The molecular weight excluding hydrogens is 502 g/mol. The highest BCUT2D eigenvalue weighted by molar-refractivity contribution is 6.00. The van der Waals surface area contributed by atoms with E-state index in [-0.39, 0.29) is 5.97 Å². The van der Waals surface area contributed by atoms with Crippen LogP contribution < -0.4 is 4.74 Å². The number of oxime groups is 1. The standard InChI is InChI=1S/C33H37N3O4/c1-24(2)18-26-10-14-30(15-11-26)36-21-29(20-34-36)22-39-31-16-12-27(13-17-31)19-32(33(37)38-4)25(3)35-40-23-28-8-6-5-7-9-28/h5-17,20-21,24,32H,18-19,22-23H2,1-4H3. The molecule has 0 aliphatic heterocycles. The van der Waals surface area contributed by atoms with E-state index in [0.717, 1.165) is 34.5 Å². The monoisotopic (exact) mass is 539 g/mol. The first-order valence-corrected chi connectivity index (χ1v) is 13.5. The van der Waals surface area contributed by atoms with E-state index in [1.807, 2.05) is 71.7 Å². The molecule has 0 amide bonds. The number of nitrogens with zero attached hydrogens (tertiary/aromatic N) is 3. The number of aromatic nitrogens is 2. The number of ether oxygens (including phenoxy) is 2. The third-order valence-corrected chi connectivity index (χ3v) is 6.52. The lowest BCUT2D eigenvalue weighted by Gasteiger charge is -2.15. The van der Waals surface area contributed by atoms with Crippen LogP contribution in [0.15, 0.2) is 96.4 Å². The number of carbonyl (C=O) groups excluding carboxylic acids is 1. The number of benzene rings is 3. The van der Waals surface area contributed by atoms with E-state index in [2.05, 4.69) is 48.4 Å². The summed E-state index contributed by atoms with van der Waals surface area (Å²) in [5.74, 6) is 0.473. The smallest absolute Gasteiger partial charge is 0.314 e. The van der Waals surface area contributed by atoms with Gasteiger partial charge in [0.2, 0.25) is 0 Å². The summed E-state index contributed by atoms with van der Waals surface area (Å²) in [5, 5.41) is 8.67. The number of rotatable bonds is 13.